The maximum atomic E-state index is 13.1. The summed E-state index contributed by atoms with van der Waals surface area (Å²) in [5, 5.41) is 4.41. The Balaban J connectivity index is 1.91. The van der Waals surface area contributed by atoms with Crippen molar-refractivity contribution in [2.45, 2.75) is 53.0 Å². The molecule has 0 aliphatic rings. The van der Waals surface area contributed by atoms with Gasteiger partial charge in [-0.3, -0.25) is 9.40 Å². The van der Waals surface area contributed by atoms with Crippen LogP contribution in [0, 0.1) is 41.5 Å². The Morgan fingerprint density at radius 1 is 0.857 bits per heavy atom. The Hall–Kier alpha value is -2.60. The number of aryl methyl sites for hydroxylation is 1. The molecule has 0 saturated carbocycles. The van der Waals surface area contributed by atoms with E-state index in [1.165, 1.54) is 5.56 Å². The molecule has 6 heteroatoms. The molecule has 0 unspecified atom stereocenters. The van der Waals surface area contributed by atoms with Gasteiger partial charge in [-0.2, -0.15) is 5.10 Å². The number of hydrogen-bond acceptors (Lipinski definition) is 3. The first kappa shape index (κ1) is 20.1. The summed E-state index contributed by atoms with van der Waals surface area (Å²) >= 11 is 0. The smallest absolute Gasteiger partial charge is 0.263 e. The zero-order valence-electron chi connectivity index (χ0n) is 17.3. The molecule has 148 valence electrons. The van der Waals surface area contributed by atoms with Crippen LogP contribution in [-0.2, 0) is 16.6 Å². The minimum Gasteiger partial charge on any atom is -0.266 e. The van der Waals surface area contributed by atoms with Gasteiger partial charge in [-0.1, -0.05) is 24.3 Å². The summed E-state index contributed by atoms with van der Waals surface area (Å²) < 4.78 is 30.6. The molecule has 0 spiro atoms. The molecule has 0 aliphatic carbocycles. The van der Waals surface area contributed by atoms with Crippen molar-refractivity contribution in [2.24, 2.45) is 0 Å². The van der Waals surface area contributed by atoms with Crippen molar-refractivity contribution in [3.8, 4) is 0 Å². The molecule has 0 amide bonds. The zero-order chi connectivity index (χ0) is 20.6. The Bertz CT molecular complexity index is 1120. The highest BCUT2D eigenvalue weighted by Crippen LogP contribution is 2.30. The van der Waals surface area contributed by atoms with E-state index in [0.717, 1.165) is 33.4 Å². The quantitative estimate of drug-likeness (QED) is 0.685. The monoisotopic (exact) mass is 397 g/mol. The van der Waals surface area contributed by atoms with Crippen LogP contribution < -0.4 is 4.72 Å². The van der Waals surface area contributed by atoms with Gasteiger partial charge in [-0.25, -0.2) is 8.42 Å². The van der Waals surface area contributed by atoms with Crippen LogP contribution in [0.4, 0.5) is 5.82 Å². The number of aromatic nitrogens is 2. The second kappa shape index (κ2) is 7.43. The van der Waals surface area contributed by atoms with Crippen LogP contribution in [0.2, 0.25) is 0 Å². The average molecular weight is 398 g/mol. The predicted molar refractivity (Wildman–Crippen MR) is 113 cm³/mol. The van der Waals surface area contributed by atoms with E-state index in [9.17, 15) is 8.42 Å². The third-order valence-electron chi connectivity index (χ3n) is 5.67. The lowest BCUT2D eigenvalue weighted by Gasteiger charge is -2.18. The molecular weight excluding hydrogens is 370 g/mol. The van der Waals surface area contributed by atoms with E-state index in [-0.39, 0.29) is 0 Å². The third-order valence-corrected chi connectivity index (χ3v) is 7.30. The van der Waals surface area contributed by atoms with Gasteiger partial charge in [0, 0.05) is 12.3 Å². The van der Waals surface area contributed by atoms with E-state index in [2.05, 4.69) is 22.8 Å². The van der Waals surface area contributed by atoms with Gasteiger partial charge < -0.3 is 0 Å². The van der Waals surface area contributed by atoms with E-state index in [4.69, 9.17) is 0 Å². The lowest BCUT2D eigenvalue weighted by atomic mass is 9.95. The highest BCUT2D eigenvalue weighted by Gasteiger charge is 2.24. The second-order valence-corrected chi connectivity index (χ2v) is 9.00. The van der Waals surface area contributed by atoms with E-state index in [1.54, 1.807) is 16.9 Å². The standard InChI is InChI=1S/C22H27N3O2S/c1-14-9-7-8-10-20(14)13-25-12-11-21(23-25)24-28(26,27)22-18(5)16(3)15(2)17(4)19(22)6/h7-12H,13H2,1-6H3,(H,23,24). The van der Waals surface area contributed by atoms with Crippen molar-refractivity contribution >= 4 is 15.8 Å². The highest BCUT2D eigenvalue weighted by molar-refractivity contribution is 7.92. The van der Waals surface area contributed by atoms with Crippen LogP contribution in [0.25, 0.3) is 0 Å². The molecule has 28 heavy (non-hydrogen) atoms. The van der Waals surface area contributed by atoms with Crippen LogP contribution in [0.3, 0.4) is 0 Å². The topological polar surface area (TPSA) is 64.0 Å². The fourth-order valence-electron chi connectivity index (χ4n) is 3.52. The summed E-state index contributed by atoms with van der Waals surface area (Å²) in [7, 11) is -3.73. The van der Waals surface area contributed by atoms with Crippen LogP contribution in [0.15, 0.2) is 41.4 Å². The molecular formula is C22H27N3O2S. The van der Waals surface area contributed by atoms with Crippen molar-refractivity contribution < 1.29 is 8.42 Å². The molecule has 3 aromatic rings. The SMILES string of the molecule is Cc1ccccc1Cn1ccc(NS(=O)(=O)c2c(C)c(C)c(C)c(C)c2C)n1. The summed E-state index contributed by atoms with van der Waals surface area (Å²) in [5.74, 6) is 0.322. The number of sulfonamides is 1. The molecule has 2 aromatic carbocycles. The van der Waals surface area contributed by atoms with Gasteiger partial charge in [0.1, 0.15) is 0 Å². The molecule has 0 atom stereocenters. The maximum absolute atomic E-state index is 13.1. The van der Waals surface area contributed by atoms with Crippen molar-refractivity contribution in [1.29, 1.82) is 0 Å². The van der Waals surface area contributed by atoms with Gasteiger partial charge in [0.15, 0.2) is 5.82 Å². The first-order chi connectivity index (χ1) is 13.1. The zero-order valence-corrected chi connectivity index (χ0v) is 18.1. The summed E-state index contributed by atoms with van der Waals surface area (Å²) in [6.45, 7) is 12.3. The molecule has 3 rings (SSSR count). The van der Waals surface area contributed by atoms with Crippen molar-refractivity contribution in [3.63, 3.8) is 0 Å². The Kier molecular flexibility index (Phi) is 5.35. The molecule has 1 heterocycles. The van der Waals surface area contributed by atoms with E-state index in [0.29, 0.717) is 17.3 Å². The summed E-state index contributed by atoms with van der Waals surface area (Å²) in [6.07, 6.45) is 1.79. The molecule has 0 aliphatic heterocycles. The van der Waals surface area contributed by atoms with Crippen LogP contribution in [0.1, 0.15) is 38.9 Å². The molecule has 1 N–H and O–H groups in total. The van der Waals surface area contributed by atoms with Crippen LogP contribution in [-0.4, -0.2) is 18.2 Å². The number of nitrogens with one attached hydrogen (secondary N) is 1. The molecule has 1 aromatic heterocycles. The number of hydrogen-bond donors (Lipinski definition) is 1. The van der Waals surface area contributed by atoms with E-state index < -0.39 is 10.0 Å². The number of benzene rings is 2. The molecule has 0 radical (unpaired) electrons. The molecule has 0 saturated heterocycles. The van der Waals surface area contributed by atoms with Crippen molar-refractivity contribution in [1.82, 2.24) is 9.78 Å². The van der Waals surface area contributed by atoms with Gasteiger partial charge in [-0.05, 0) is 80.5 Å². The number of anilines is 1. The lowest BCUT2D eigenvalue weighted by Crippen LogP contribution is -2.18. The first-order valence-corrected chi connectivity index (χ1v) is 10.8. The number of nitrogens with zero attached hydrogens (tertiary/aromatic N) is 2. The van der Waals surface area contributed by atoms with Gasteiger partial charge in [0.05, 0.1) is 11.4 Å². The maximum Gasteiger partial charge on any atom is 0.263 e. The minimum atomic E-state index is -3.73. The van der Waals surface area contributed by atoms with E-state index in [1.807, 2.05) is 52.8 Å². The highest BCUT2D eigenvalue weighted by atomic mass is 32.2. The fourth-order valence-corrected chi connectivity index (χ4v) is 5.12. The number of rotatable bonds is 5. The van der Waals surface area contributed by atoms with Gasteiger partial charge in [-0.15, -0.1) is 0 Å². The average Bonchev–Trinajstić information content (AvgIpc) is 3.06. The summed E-state index contributed by atoms with van der Waals surface area (Å²) in [5.41, 5.74) is 7.05. The van der Waals surface area contributed by atoms with Crippen LogP contribution in [0.5, 0.6) is 0 Å². The largest absolute Gasteiger partial charge is 0.266 e. The summed E-state index contributed by atoms with van der Waals surface area (Å²) in [6, 6.07) is 9.77. The summed E-state index contributed by atoms with van der Waals surface area (Å²) in [4.78, 5) is 0.349. The van der Waals surface area contributed by atoms with Crippen LogP contribution >= 0.6 is 0 Å². The van der Waals surface area contributed by atoms with Crippen molar-refractivity contribution in [3.05, 3.63) is 75.5 Å². The Morgan fingerprint density at radius 2 is 1.43 bits per heavy atom. The van der Waals surface area contributed by atoms with E-state index >= 15 is 0 Å². The third kappa shape index (κ3) is 3.69. The molecule has 5 nitrogen and oxygen atoms in total. The first-order valence-electron chi connectivity index (χ1n) is 9.29. The second-order valence-electron chi connectivity index (χ2n) is 7.38. The Morgan fingerprint density at radius 3 is 2.04 bits per heavy atom. The normalized spacial score (nSPS) is 11.6. The molecule has 0 bridgehead atoms. The fraction of sp³-hybridized carbons (Fsp3) is 0.318. The Labute approximate surface area is 167 Å². The van der Waals surface area contributed by atoms with Gasteiger partial charge in [0.2, 0.25) is 0 Å². The minimum absolute atomic E-state index is 0.322. The predicted octanol–water partition coefficient (Wildman–Crippen LogP) is 4.58. The molecule has 0 fully saturated rings. The van der Waals surface area contributed by atoms with Gasteiger partial charge in [0.25, 0.3) is 10.0 Å². The van der Waals surface area contributed by atoms with Gasteiger partial charge >= 0.3 is 0 Å². The lowest BCUT2D eigenvalue weighted by molar-refractivity contribution is 0.599. The van der Waals surface area contributed by atoms with Crippen molar-refractivity contribution in [2.75, 3.05) is 4.72 Å².